The van der Waals surface area contributed by atoms with Crippen LogP contribution in [-0.2, 0) is 16.6 Å². The van der Waals surface area contributed by atoms with Crippen LogP contribution in [0.5, 0.6) is 0 Å². The summed E-state index contributed by atoms with van der Waals surface area (Å²) in [5.74, 6) is -0.458. The third kappa shape index (κ3) is 4.17. The normalized spacial score (nSPS) is 11.4. The van der Waals surface area contributed by atoms with E-state index in [9.17, 15) is 8.42 Å². The predicted molar refractivity (Wildman–Crippen MR) is 66.5 cm³/mol. The Bertz CT molecular complexity index is 477. The fraction of sp³-hybridized carbons (Fsp3) is 0.417. The van der Waals surface area contributed by atoms with Crippen molar-refractivity contribution in [1.29, 1.82) is 5.26 Å². The van der Waals surface area contributed by atoms with Crippen LogP contribution in [0.4, 0.5) is 0 Å². The quantitative estimate of drug-likeness (QED) is 0.775. The molecule has 1 aromatic carbocycles. The summed E-state index contributed by atoms with van der Waals surface area (Å²) in [5.41, 5.74) is 0.933. The number of nitriles is 1. The van der Waals surface area contributed by atoms with Crippen LogP contribution in [0.15, 0.2) is 30.3 Å². The Hall–Kier alpha value is -1.38. The fourth-order valence-corrected chi connectivity index (χ4v) is 2.68. The van der Waals surface area contributed by atoms with Crippen LogP contribution in [0.2, 0.25) is 0 Å². The number of benzene rings is 1. The molecular formula is C12H16N2O2S. The monoisotopic (exact) mass is 252 g/mol. The number of sulfonamides is 1. The van der Waals surface area contributed by atoms with Crippen LogP contribution >= 0.6 is 0 Å². The second-order valence-corrected chi connectivity index (χ2v) is 5.70. The molecule has 0 fully saturated rings. The van der Waals surface area contributed by atoms with Gasteiger partial charge in [0.05, 0.1) is 6.07 Å². The molecule has 0 amide bonds. The molecule has 0 saturated heterocycles. The first-order valence-electron chi connectivity index (χ1n) is 5.49. The summed E-state index contributed by atoms with van der Waals surface area (Å²) < 4.78 is 25.0. The van der Waals surface area contributed by atoms with Gasteiger partial charge in [0.1, 0.15) is 0 Å². The van der Waals surface area contributed by atoms with Crippen LogP contribution in [0, 0.1) is 11.3 Å². The zero-order chi connectivity index (χ0) is 12.7. The lowest BCUT2D eigenvalue weighted by Crippen LogP contribution is -2.32. The Morgan fingerprint density at radius 1 is 1.29 bits per heavy atom. The third-order valence-electron chi connectivity index (χ3n) is 2.32. The molecule has 1 aromatic rings. The molecule has 0 unspecified atom stereocenters. The highest BCUT2D eigenvalue weighted by Gasteiger charge is 2.20. The maximum absolute atomic E-state index is 11.8. The number of hydrogen-bond acceptors (Lipinski definition) is 3. The molecule has 4 nitrogen and oxygen atoms in total. The Morgan fingerprint density at radius 3 is 2.47 bits per heavy atom. The van der Waals surface area contributed by atoms with Crippen LogP contribution < -0.4 is 0 Å². The van der Waals surface area contributed by atoms with Gasteiger partial charge in [-0.3, -0.25) is 0 Å². The first-order valence-corrected chi connectivity index (χ1v) is 7.09. The molecule has 0 aromatic heterocycles. The van der Waals surface area contributed by atoms with Crippen molar-refractivity contribution < 1.29 is 8.42 Å². The second kappa shape index (κ2) is 6.38. The van der Waals surface area contributed by atoms with E-state index in [1.807, 2.05) is 37.3 Å². The van der Waals surface area contributed by atoms with Gasteiger partial charge in [-0.25, -0.2) is 8.42 Å². The highest BCUT2D eigenvalue weighted by Crippen LogP contribution is 2.10. The van der Waals surface area contributed by atoms with Gasteiger partial charge >= 0.3 is 0 Å². The summed E-state index contributed by atoms with van der Waals surface area (Å²) in [6.45, 7) is 2.69. The van der Waals surface area contributed by atoms with Crippen LogP contribution in [-0.4, -0.2) is 25.0 Å². The Balaban J connectivity index is 2.85. The van der Waals surface area contributed by atoms with Crippen molar-refractivity contribution in [3.8, 4) is 6.07 Å². The molecule has 0 saturated carbocycles. The Kier molecular flexibility index (Phi) is 5.13. The van der Waals surface area contributed by atoms with E-state index in [1.54, 1.807) is 6.07 Å². The van der Waals surface area contributed by atoms with Crippen LogP contribution in [0.1, 0.15) is 18.9 Å². The van der Waals surface area contributed by atoms with Crippen molar-refractivity contribution in [2.24, 2.45) is 0 Å². The Labute approximate surface area is 103 Å². The summed E-state index contributed by atoms with van der Waals surface area (Å²) in [7, 11) is -3.46. The van der Waals surface area contributed by atoms with Gasteiger partial charge < -0.3 is 0 Å². The van der Waals surface area contributed by atoms with Crippen molar-refractivity contribution >= 4 is 10.0 Å². The molecule has 92 valence electrons. The molecule has 0 aliphatic carbocycles. The highest BCUT2D eigenvalue weighted by molar-refractivity contribution is 7.89. The molecule has 1 rings (SSSR count). The van der Waals surface area contributed by atoms with E-state index in [0.717, 1.165) is 12.0 Å². The molecule has 0 N–H and O–H groups in total. The molecule has 0 aliphatic heterocycles. The van der Waals surface area contributed by atoms with E-state index in [4.69, 9.17) is 5.26 Å². The SMILES string of the molecule is CCCN(Cc1ccccc1)S(=O)(=O)CC#N. The van der Waals surface area contributed by atoms with Gasteiger partial charge in [0.15, 0.2) is 5.75 Å². The maximum atomic E-state index is 11.8. The average Bonchev–Trinajstić information content (AvgIpc) is 2.30. The van der Waals surface area contributed by atoms with Gasteiger partial charge in [0, 0.05) is 13.1 Å². The largest absolute Gasteiger partial charge is 0.227 e. The van der Waals surface area contributed by atoms with Gasteiger partial charge in [0.2, 0.25) is 10.0 Å². The van der Waals surface area contributed by atoms with Gasteiger partial charge in [-0.15, -0.1) is 0 Å². The lowest BCUT2D eigenvalue weighted by molar-refractivity contribution is 0.408. The summed E-state index contributed by atoms with van der Waals surface area (Å²) >= 11 is 0. The maximum Gasteiger partial charge on any atom is 0.227 e. The summed E-state index contributed by atoms with van der Waals surface area (Å²) in [6.07, 6.45) is 0.734. The van der Waals surface area contributed by atoms with Gasteiger partial charge in [-0.2, -0.15) is 9.57 Å². The highest BCUT2D eigenvalue weighted by atomic mass is 32.2. The standard InChI is InChI=1S/C12H16N2O2S/c1-2-9-14(17(15,16)10-8-13)11-12-6-4-3-5-7-12/h3-7H,2,9-11H2,1H3. The molecule has 0 aliphatic rings. The van der Waals surface area contributed by atoms with E-state index in [0.29, 0.717) is 13.1 Å². The first kappa shape index (κ1) is 13.7. The molecule has 0 radical (unpaired) electrons. The lowest BCUT2D eigenvalue weighted by Gasteiger charge is -2.20. The van der Waals surface area contributed by atoms with Gasteiger partial charge in [-0.05, 0) is 12.0 Å². The van der Waals surface area contributed by atoms with Gasteiger partial charge in [-0.1, -0.05) is 37.3 Å². The molecule has 0 bridgehead atoms. The van der Waals surface area contributed by atoms with Crippen molar-refractivity contribution in [3.05, 3.63) is 35.9 Å². The van der Waals surface area contributed by atoms with Crippen molar-refractivity contribution in [1.82, 2.24) is 4.31 Å². The molecule has 0 atom stereocenters. The molecule has 0 spiro atoms. The topological polar surface area (TPSA) is 61.2 Å². The summed E-state index contributed by atoms with van der Waals surface area (Å²) in [5, 5.41) is 8.53. The van der Waals surface area contributed by atoms with Crippen molar-refractivity contribution in [3.63, 3.8) is 0 Å². The zero-order valence-electron chi connectivity index (χ0n) is 9.83. The zero-order valence-corrected chi connectivity index (χ0v) is 10.7. The summed E-state index contributed by atoms with van der Waals surface area (Å²) in [4.78, 5) is 0. The second-order valence-electron chi connectivity index (χ2n) is 3.73. The summed E-state index contributed by atoms with van der Waals surface area (Å²) in [6, 6.07) is 11.1. The first-order chi connectivity index (χ1) is 8.10. The average molecular weight is 252 g/mol. The third-order valence-corrected chi connectivity index (χ3v) is 3.91. The number of hydrogen-bond donors (Lipinski definition) is 0. The van der Waals surface area contributed by atoms with Crippen molar-refractivity contribution in [2.45, 2.75) is 19.9 Å². The van der Waals surface area contributed by atoms with Crippen molar-refractivity contribution in [2.75, 3.05) is 12.3 Å². The minimum absolute atomic E-state index is 0.332. The van der Waals surface area contributed by atoms with E-state index < -0.39 is 15.8 Å². The molecular weight excluding hydrogens is 236 g/mol. The number of nitrogens with zero attached hydrogens (tertiary/aromatic N) is 2. The molecule has 0 heterocycles. The molecule has 5 heteroatoms. The van der Waals surface area contributed by atoms with E-state index in [1.165, 1.54) is 4.31 Å². The lowest BCUT2D eigenvalue weighted by atomic mass is 10.2. The van der Waals surface area contributed by atoms with E-state index in [-0.39, 0.29) is 0 Å². The smallest absolute Gasteiger partial charge is 0.211 e. The number of rotatable bonds is 6. The van der Waals surface area contributed by atoms with Gasteiger partial charge in [0.25, 0.3) is 0 Å². The predicted octanol–water partition coefficient (Wildman–Crippen LogP) is 1.75. The van der Waals surface area contributed by atoms with E-state index >= 15 is 0 Å². The Morgan fingerprint density at radius 2 is 1.94 bits per heavy atom. The minimum atomic E-state index is -3.46. The molecule has 17 heavy (non-hydrogen) atoms. The fourth-order valence-electron chi connectivity index (χ4n) is 1.53. The van der Waals surface area contributed by atoms with E-state index in [2.05, 4.69) is 0 Å². The van der Waals surface area contributed by atoms with Crippen LogP contribution in [0.3, 0.4) is 0 Å². The minimum Gasteiger partial charge on any atom is -0.211 e. The van der Waals surface area contributed by atoms with Crippen LogP contribution in [0.25, 0.3) is 0 Å².